The van der Waals surface area contributed by atoms with E-state index in [4.69, 9.17) is 4.74 Å². The van der Waals surface area contributed by atoms with E-state index in [-0.39, 0.29) is 22.9 Å². The fraction of sp³-hybridized carbons (Fsp3) is 0.250. The number of hydrogen-bond acceptors (Lipinski definition) is 2. The van der Waals surface area contributed by atoms with Crippen molar-refractivity contribution < 1.29 is 26.6 Å². The minimum absolute atomic E-state index is 0. The van der Waals surface area contributed by atoms with Crippen LogP contribution in [-0.4, -0.2) is 12.9 Å². The summed E-state index contributed by atoms with van der Waals surface area (Å²) in [5.74, 6) is 0.950. The molecule has 0 spiro atoms. The van der Waals surface area contributed by atoms with Gasteiger partial charge in [0.05, 0.1) is 7.11 Å². The third-order valence-electron chi connectivity index (χ3n) is 3.41. The first kappa shape index (κ1) is 19.2. The van der Waals surface area contributed by atoms with Gasteiger partial charge in [0.2, 0.25) is 0 Å². The Morgan fingerprint density at radius 2 is 1.96 bits per heavy atom. The molecule has 2 aliphatic rings. The molecule has 0 amide bonds. The van der Waals surface area contributed by atoms with Crippen LogP contribution in [0.1, 0.15) is 36.0 Å². The van der Waals surface area contributed by atoms with Crippen LogP contribution >= 0.6 is 0 Å². The Labute approximate surface area is 149 Å². The summed E-state index contributed by atoms with van der Waals surface area (Å²) >= 11 is 0. The van der Waals surface area contributed by atoms with Crippen LogP contribution in [0.3, 0.4) is 0 Å². The molecule has 1 aromatic carbocycles. The van der Waals surface area contributed by atoms with Crippen molar-refractivity contribution in [2.24, 2.45) is 0 Å². The van der Waals surface area contributed by atoms with Crippen LogP contribution in [0.4, 0.5) is 0 Å². The Balaban J connectivity index is 0.000000377. The van der Waals surface area contributed by atoms with Gasteiger partial charge in [-0.1, -0.05) is 6.42 Å². The van der Waals surface area contributed by atoms with Gasteiger partial charge >= 0.3 is 17.1 Å². The first-order valence-electron chi connectivity index (χ1n) is 7.44. The Morgan fingerprint density at radius 3 is 2.43 bits per heavy atom. The third kappa shape index (κ3) is 6.85. The van der Waals surface area contributed by atoms with Crippen molar-refractivity contribution in [2.45, 2.75) is 25.7 Å². The van der Waals surface area contributed by atoms with Crippen LogP contribution < -0.4 is 4.74 Å². The SMILES string of the molecule is COc1ccc(C(=O)CCC2=CC[C-]=C2)cc1.[C-]1=CC=CC1.[Fe+2]. The summed E-state index contributed by atoms with van der Waals surface area (Å²) in [5, 5.41) is 0. The zero-order chi connectivity index (χ0) is 15.6. The van der Waals surface area contributed by atoms with E-state index >= 15 is 0 Å². The van der Waals surface area contributed by atoms with E-state index in [0.29, 0.717) is 6.42 Å². The topological polar surface area (TPSA) is 26.3 Å². The second-order valence-corrected chi connectivity index (χ2v) is 4.99. The molecule has 0 bridgehead atoms. The molecule has 0 unspecified atom stereocenters. The second-order valence-electron chi connectivity index (χ2n) is 4.99. The van der Waals surface area contributed by atoms with Crippen LogP contribution in [0.5, 0.6) is 5.75 Å². The summed E-state index contributed by atoms with van der Waals surface area (Å²) in [5.41, 5.74) is 1.96. The molecule has 0 heterocycles. The Hall–Kier alpha value is -1.83. The number of allylic oxidation sites excluding steroid dienone is 8. The Morgan fingerprint density at radius 1 is 1.17 bits per heavy atom. The van der Waals surface area contributed by atoms with E-state index in [0.717, 1.165) is 30.6 Å². The fourth-order valence-corrected chi connectivity index (χ4v) is 2.13. The van der Waals surface area contributed by atoms with Crippen LogP contribution in [0, 0.1) is 12.2 Å². The van der Waals surface area contributed by atoms with Crippen molar-refractivity contribution in [3.63, 3.8) is 0 Å². The molecule has 0 atom stereocenters. The summed E-state index contributed by atoms with van der Waals surface area (Å²) in [6.45, 7) is 0. The van der Waals surface area contributed by atoms with Crippen LogP contribution in [0.15, 0.2) is 60.2 Å². The van der Waals surface area contributed by atoms with Crippen molar-refractivity contribution in [1.29, 1.82) is 0 Å². The summed E-state index contributed by atoms with van der Waals surface area (Å²) in [6.07, 6.45) is 19.4. The summed E-state index contributed by atoms with van der Waals surface area (Å²) < 4.78 is 5.06. The van der Waals surface area contributed by atoms with Crippen molar-refractivity contribution in [3.8, 4) is 5.75 Å². The monoisotopic (exact) mass is 348 g/mol. The summed E-state index contributed by atoms with van der Waals surface area (Å²) in [4.78, 5) is 11.9. The Bertz CT molecular complexity index is 597. The average molecular weight is 348 g/mol. The predicted octanol–water partition coefficient (Wildman–Crippen LogP) is 4.65. The van der Waals surface area contributed by atoms with E-state index in [1.165, 1.54) is 5.57 Å². The van der Waals surface area contributed by atoms with Crippen LogP contribution in [0.25, 0.3) is 0 Å². The van der Waals surface area contributed by atoms with Gasteiger partial charge < -0.3 is 4.74 Å². The Kier molecular flexibility index (Phi) is 9.04. The molecular weight excluding hydrogens is 328 g/mol. The van der Waals surface area contributed by atoms with E-state index in [9.17, 15) is 4.79 Å². The molecule has 0 fully saturated rings. The summed E-state index contributed by atoms with van der Waals surface area (Å²) in [7, 11) is 1.62. The normalized spacial score (nSPS) is 13.9. The standard InChI is InChI=1S/C15H15O2.C5H5.Fe/c1-17-14-9-7-13(8-10-14)15(16)11-6-12-4-2-3-5-12;1-2-4-5-3-1;/h4-5,7-10H,2,6,11H2,1H3;1-3H,4H2;/q2*-1;+2. The fourth-order valence-electron chi connectivity index (χ4n) is 2.13. The maximum Gasteiger partial charge on any atom is 2.00 e. The van der Waals surface area contributed by atoms with Crippen molar-refractivity contribution >= 4 is 5.78 Å². The molecule has 2 nitrogen and oxygen atoms in total. The van der Waals surface area contributed by atoms with Crippen molar-refractivity contribution in [1.82, 2.24) is 0 Å². The predicted molar refractivity (Wildman–Crippen MR) is 88.6 cm³/mol. The number of carbonyl (C=O) groups excluding carboxylic acids is 1. The van der Waals surface area contributed by atoms with Crippen molar-refractivity contribution in [2.75, 3.05) is 7.11 Å². The first-order chi connectivity index (χ1) is 10.8. The smallest absolute Gasteiger partial charge is 0.497 e. The van der Waals surface area contributed by atoms with Gasteiger partial charge in [-0.05, 0) is 30.7 Å². The third-order valence-corrected chi connectivity index (χ3v) is 3.41. The number of ketones is 1. The zero-order valence-electron chi connectivity index (χ0n) is 13.2. The van der Waals surface area contributed by atoms with Crippen LogP contribution in [0.2, 0.25) is 0 Å². The van der Waals surface area contributed by atoms with Gasteiger partial charge in [0.25, 0.3) is 0 Å². The van der Waals surface area contributed by atoms with E-state index in [1.807, 2.05) is 42.5 Å². The van der Waals surface area contributed by atoms with Gasteiger partial charge in [-0.2, -0.15) is 12.2 Å². The van der Waals surface area contributed by atoms with Gasteiger partial charge in [0.15, 0.2) is 5.78 Å². The van der Waals surface area contributed by atoms with Gasteiger partial charge in [0, 0.05) is 5.56 Å². The maximum absolute atomic E-state index is 11.9. The molecule has 1 aromatic rings. The molecule has 2 aliphatic carbocycles. The molecule has 120 valence electrons. The summed E-state index contributed by atoms with van der Waals surface area (Å²) in [6, 6.07) is 7.25. The number of methoxy groups -OCH3 is 1. The quantitative estimate of drug-likeness (QED) is 0.440. The minimum atomic E-state index is 0. The number of Topliss-reactive ketones (excluding diaryl/α,β-unsaturated/α-hetero) is 1. The van der Waals surface area contributed by atoms with Crippen LogP contribution in [-0.2, 0) is 17.1 Å². The van der Waals surface area contributed by atoms with Gasteiger partial charge in [-0.15, -0.1) is 12.8 Å². The van der Waals surface area contributed by atoms with Crippen molar-refractivity contribution in [3.05, 3.63) is 77.9 Å². The average Bonchev–Trinajstić information content (AvgIpc) is 3.28. The molecule has 0 saturated heterocycles. The van der Waals surface area contributed by atoms with Gasteiger partial charge in [-0.3, -0.25) is 16.9 Å². The number of ether oxygens (including phenoxy) is 1. The molecule has 0 N–H and O–H groups in total. The number of hydrogen-bond donors (Lipinski definition) is 0. The molecule has 0 aliphatic heterocycles. The molecular formula is C20H20FeO2. The first-order valence-corrected chi connectivity index (χ1v) is 7.44. The largest absolute Gasteiger partial charge is 2.00 e. The molecule has 23 heavy (non-hydrogen) atoms. The maximum atomic E-state index is 11.9. The minimum Gasteiger partial charge on any atom is -0.497 e. The number of benzene rings is 1. The molecule has 3 heteroatoms. The molecule has 0 aromatic heterocycles. The van der Waals surface area contributed by atoms with Gasteiger partial charge in [0.1, 0.15) is 5.75 Å². The second kappa shape index (κ2) is 10.8. The van der Waals surface area contributed by atoms with Gasteiger partial charge in [-0.25, -0.2) is 23.8 Å². The molecule has 0 saturated carbocycles. The molecule has 3 rings (SSSR count). The number of rotatable bonds is 5. The van der Waals surface area contributed by atoms with E-state index in [1.54, 1.807) is 7.11 Å². The zero-order valence-corrected chi connectivity index (χ0v) is 14.3. The number of carbonyl (C=O) groups is 1. The molecule has 0 radical (unpaired) electrons. The van der Waals surface area contributed by atoms with E-state index < -0.39 is 0 Å². The van der Waals surface area contributed by atoms with E-state index in [2.05, 4.69) is 24.3 Å².